The van der Waals surface area contributed by atoms with Crippen LogP contribution in [0.2, 0.25) is 0 Å². The molecule has 94 valence electrons. The summed E-state index contributed by atoms with van der Waals surface area (Å²) in [5, 5.41) is 0. The standard InChI is InChI=1S/C13H24O3/c1-10-3-5-13(16-7-10)6-4-12-8-14-11(2)15-9-12/h10-13H,3-9H2,1-2H3. The van der Waals surface area contributed by atoms with Gasteiger partial charge in [0.05, 0.1) is 19.3 Å². The highest BCUT2D eigenvalue weighted by Gasteiger charge is 2.23. The minimum absolute atomic E-state index is 0.0111. The fourth-order valence-electron chi connectivity index (χ4n) is 2.39. The monoisotopic (exact) mass is 228 g/mol. The minimum Gasteiger partial charge on any atom is -0.378 e. The summed E-state index contributed by atoms with van der Waals surface area (Å²) in [6.07, 6.45) is 5.36. The Labute approximate surface area is 98.4 Å². The Morgan fingerprint density at radius 3 is 2.25 bits per heavy atom. The Balaban J connectivity index is 1.60. The van der Waals surface area contributed by atoms with E-state index in [2.05, 4.69) is 6.92 Å². The van der Waals surface area contributed by atoms with Crippen molar-refractivity contribution in [2.75, 3.05) is 19.8 Å². The molecule has 0 saturated carbocycles. The molecule has 0 N–H and O–H groups in total. The lowest BCUT2D eigenvalue weighted by Gasteiger charge is -2.30. The molecule has 0 spiro atoms. The molecule has 0 bridgehead atoms. The van der Waals surface area contributed by atoms with Crippen molar-refractivity contribution in [2.45, 2.75) is 51.9 Å². The van der Waals surface area contributed by atoms with Crippen LogP contribution < -0.4 is 0 Å². The van der Waals surface area contributed by atoms with Gasteiger partial charge in [0.1, 0.15) is 0 Å². The van der Waals surface area contributed by atoms with Gasteiger partial charge in [-0.15, -0.1) is 0 Å². The van der Waals surface area contributed by atoms with E-state index < -0.39 is 0 Å². The molecule has 2 unspecified atom stereocenters. The van der Waals surface area contributed by atoms with Crippen LogP contribution in [0.5, 0.6) is 0 Å². The van der Waals surface area contributed by atoms with E-state index >= 15 is 0 Å². The number of ether oxygens (including phenoxy) is 3. The van der Waals surface area contributed by atoms with E-state index in [9.17, 15) is 0 Å². The predicted molar refractivity (Wildman–Crippen MR) is 62.2 cm³/mol. The van der Waals surface area contributed by atoms with Crippen LogP contribution >= 0.6 is 0 Å². The molecule has 3 nitrogen and oxygen atoms in total. The molecule has 2 aliphatic heterocycles. The summed E-state index contributed by atoms with van der Waals surface area (Å²) in [7, 11) is 0. The normalized spacial score (nSPS) is 40.9. The van der Waals surface area contributed by atoms with Crippen molar-refractivity contribution in [1.82, 2.24) is 0 Å². The fourth-order valence-corrected chi connectivity index (χ4v) is 2.39. The molecule has 16 heavy (non-hydrogen) atoms. The van der Waals surface area contributed by atoms with Crippen molar-refractivity contribution in [3.63, 3.8) is 0 Å². The van der Waals surface area contributed by atoms with Gasteiger partial charge in [-0.2, -0.15) is 0 Å². The van der Waals surface area contributed by atoms with Crippen LogP contribution in [-0.2, 0) is 14.2 Å². The van der Waals surface area contributed by atoms with Crippen LogP contribution in [-0.4, -0.2) is 32.2 Å². The van der Waals surface area contributed by atoms with Crippen LogP contribution in [0.25, 0.3) is 0 Å². The molecule has 0 aromatic heterocycles. The smallest absolute Gasteiger partial charge is 0.154 e. The average molecular weight is 228 g/mol. The van der Waals surface area contributed by atoms with E-state index in [1.54, 1.807) is 0 Å². The van der Waals surface area contributed by atoms with Gasteiger partial charge in [-0.1, -0.05) is 6.92 Å². The summed E-state index contributed by atoms with van der Waals surface area (Å²) >= 11 is 0. The summed E-state index contributed by atoms with van der Waals surface area (Å²) < 4.78 is 16.8. The summed E-state index contributed by atoms with van der Waals surface area (Å²) in [5.41, 5.74) is 0. The number of hydrogen-bond donors (Lipinski definition) is 0. The van der Waals surface area contributed by atoms with Crippen molar-refractivity contribution in [2.24, 2.45) is 11.8 Å². The Bertz CT molecular complexity index is 169. The second-order valence-electron chi connectivity index (χ2n) is 5.32. The number of rotatable bonds is 3. The zero-order valence-corrected chi connectivity index (χ0v) is 10.5. The van der Waals surface area contributed by atoms with Gasteiger partial charge in [-0.25, -0.2) is 0 Å². The topological polar surface area (TPSA) is 27.7 Å². The molecular weight excluding hydrogens is 204 g/mol. The first-order chi connectivity index (χ1) is 7.74. The maximum absolute atomic E-state index is 5.82. The summed E-state index contributed by atoms with van der Waals surface area (Å²) in [6, 6.07) is 0. The van der Waals surface area contributed by atoms with Gasteiger partial charge < -0.3 is 14.2 Å². The van der Waals surface area contributed by atoms with Crippen molar-refractivity contribution in [1.29, 1.82) is 0 Å². The van der Waals surface area contributed by atoms with Crippen LogP contribution in [0.3, 0.4) is 0 Å². The Hall–Kier alpha value is -0.120. The maximum Gasteiger partial charge on any atom is 0.154 e. The molecule has 2 rings (SSSR count). The van der Waals surface area contributed by atoms with E-state index in [0.717, 1.165) is 25.7 Å². The third kappa shape index (κ3) is 3.72. The second-order valence-corrected chi connectivity index (χ2v) is 5.32. The molecule has 0 aromatic rings. The van der Waals surface area contributed by atoms with E-state index in [4.69, 9.17) is 14.2 Å². The van der Waals surface area contributed by atoms with Crippen LogP contribution in [0.4, 0.5) is 0 Å². The molecular formula is C13H24O3. The van der Waals surface area contributed by atoms with Gasteiger partial charge in [-0.05, 0) is 38.5 Å². The first-order valence-corrected chi connectivity index (χ1v) is 6.59. The first-order valence-electron chi connectivity index (χ1n) is 6.59. The van der Waals surface area contributed by atoms with Crippen LogP contribution in [0.15, 0.2) is 0 Å². The van der Waals surface area contributed by atoms with Crippen LogP contribution in [0, 0.1) is 11.8 Å². The summed E-state index contributed by atoms with van der Waals surface area (Å²) in [6.45, 7) is 6.87. The quantitative estimate of drug-likeness (QED) is 0.743. The predicted octanol–water partition coefficient (Wildman–Crippen LogP) is 2.59. The summed E-state index contributed by atoms with van der Waals surface area (Å²) in [5.74, 6) is 1.32. The molecule has 0 aliphatic carbocycles. The molecule has 3 heteroatoms. The molecule has 0 radical (unpaired) electrons. The van der Waals surface area contributed by atoms with Crippen LogP contribution in [0.1, 0.15) is 39.5 Å². The van der Waals surface area contributed by atoms with Crippen molar-refractivity contribution >= 4 is 0 Å². The Kier molecular flexibility index (Phi) is 4.62. The summed E-state index contributed by atoms with van der Waals surface area (Å²) in [4.78, 5) is 0. The second kappa shape index (κ2) is 5.99. The van der Waals surface area contributed by atoms with E-state index in [-0.39, 0.29) is 6.29 Å². The Morgan fingerprint density at radius 1 is 0.875 bits per heavy atom. The Morgan fingerprint density at radius 2 is 1.62 bits per heavy atom. The van der Waals surface area contributed by atoms with Gasteiger partial charge in [0.15, 0.2) is 6.29 Å². The first kappa shape index (κ1) is 12.3. The van der Waals surface area contributed by atoms with Crippen molar-refractivity contribution < 1.29 is 14.2 Å². The lowest BCUT2D eigenvalue weighted by molar-refractivity contribution is -0.192. The molecule has 2 saturated heterocycles. The van der Waals surface area contributed by atoms with Crippen molar-refractivity contribution in [3.8, 4) is 0 Å². The fraction of sp³-hybridized carbons (Fsp3) is 1.00. The third-order valence-corrected chi connectivity index (χ3v) is 3.63. The SMILES string of the molecule is CC1CCC(CCC2COC(C)OC2)OC1. The van der Waals surface area contributed by atoms with E-state index in [1.807, 2.05) is 6.92 Å². The zero-order valence-electron chi connectivity index (χ0n) is 10.5. The maximum atomic E-state index is 5.82. The highest BCUT2D eigenvalue weighted by atomic mass is 16.7. The lowest BCUT2D eigenvalue weighted by Crippen LogP contribution is -2.31. The van der Waals surface area contributed by atoms with Gasteiger partial charge in [0.25, 0.3) is 0 Å². The van der Waals surface area contributed by atoms with E-state index in [1.165, 1.54) is 25.7 Å². The molecule has 2 heterocycles. The van der Waals surface area contributed by atoms with Gasteiger partial charge in [0, 0.05) is 12.5 Å². The zero-order chi connectivity index (χ0) is 11.4. The van der Waals surface area contributed by atoms with Gasteiger partial charge >= 0.3 is 0 Å². The van der Waals surface area contributed by atoms with Crippen molar-refractivity contribution in [3.05, 3.63) is 0 Å². The number of hydrogen-bond acceptors (Lipinski definition) is 3. The molecule has 0 aromatic carbocycles. The van der Waals surface area contributed by atoms with Gasteiger partial charge in [0.2, 0.25) is 0 Å². The minimum atomic E-state index is -0.0111. The largest absolute Gasteiger partial charge is 0.378 e. The van der Waals surface area contributed by atoms with Gasteiger partial charge in [-0.3, -0.25) is 0 Å². The lowest BCUT2D eigenvalue weighted by atomic mass is 9.95. The molecule has 2 atom stereocenters. The average Bonchev–Trinajstić information content (AvgIpc) is 2.30. The molecule has 2 aliphatic rings. The highest BCUT2D eigenvalue weighted by molar-refractivity contribution is 4.70. The third-order valence-electron chi connectivity index (χ3n) is 3.63. The molecule has 2 fully saturated rings. The highest BCUT2D eigenvalue weighted by Crippen LogP contribution is 2.24. The van der Waals surface area contributed by atoms with E-state index in [0.29, 0.717) is 12.0 Å². The molecule has 0 amide bonds.